The summed E-state index contributed by atoms with van der Waals surface area (Å²) in [4.78, 5) is 8.06. The Morgan fingerprint density at radius 3 is 2.94 bits per heavy atom. The molecule has 0 aliphatic heterocycles. The van der Waals surface area contributed by atoms with Crippen molar-refractivity contribution in [1.82, 2.24) is 20.2 Å². The van der Waals surface area contributed by atoms with E-state index in [-0.39, 0.29) is 6.04 Å². The summed E-state index contributed by atoms with van der Waals surface area (Å²) in [7, 11) is 0. The minimum atomic E-state index is 0.114. The van der Waals surface area contributed by atoms with Crippen LogP contribution in [0.25, 0.3) is 0 Å². The number of nitrogens with zero attached hydrogens (tertiary/aromatic N) is 3. The van der Waals surface area contributed by atoms with E-state index in [1.54, 1.807) is 6.20 Å². The second-order valence-electron chi connectivity index (χ2n) is 3.54. The fraction of sp³-hybridized carbons (Fsp3) is 0.300. The summed E-state index contributed by atoms with van der Waals surface area (Å²) in [6.07, 6.45) is 5.06. The fourth-order valence-corrected chi connectivity index (χ4v) is 1.49. The van der Waals surface area contributed by atoms with Crippen molar-refractivity contribution in [3.8, 4) is 0 Å². The smallest absolute Gasteiger partial charge is 0.137 e. The van der Waals surface area contributed by atoms with Gasteiger partial charge in [0.1, 0.15) is 17.3 Å². The molecule has 0 fully saturated rings. The van der Waals surface area contributed by atoms with Gasteiger partial charge in [-0.2, -0.15) is 5.10 Å². The standard InChI is InChI=1S/C10H12ClN5/c1-6-9(11)12-5-13-10(6)16-7(2)8-3-14-15-4-8/h3-5,7H,1-2H3,(H,14,15)(H,12,13,16). The van der Waals surface area contributed by atoms with Gasteiger partial charge in [-0.25, -0.2) is 9.97 Å². The van der Waals surface area contributed by atoms with Gasteiger partial charge in [0, 0.05) is 17.3 Å². The van der Waals surface area contributed by atoms with Crippen molar-refractivity contribution in [3.63, 3.8) is 0 Å². The second kappa shape index (κ2) is 4.49. The topological polar surface area (TPSA) is 66.5 Å². The van der Waals surface area contributed by atoms with Crippen LogP contribution in [0.15, 0.2) is 18.7 Å². The molecule has 2 aromatic rings. The Bertz CT molecular complexity index is 468. The van der Waals surface area contributed by atoms with Gasteiger partial charge in [0.2, 0.25) is 0 Å². The Morgan fingerprint density at radius 1 is 1.44 bits per heavy atom. The molecule has 6 heteroatoms. The highest BCUT2D eigenvalue weighted by Gasteiger charge is 2.10. The van der Waals surface area contributed by atoms with Crippen LogP contribution in [-0.4, -0.2) is 20.2 Å². The highest BCUT2D eigenvalue weighted by molar-refractivity contribution is 6.30. The number of H-pyrrole nitrogens is 1. The van der Waals surface area contributed by atoms with E-state index in [1.807, 2.05) is 20.0 Å². The maximum atomic E-state index is 5.91. The molecule has 0 amide bonds. The summed E-state index contributed by atoms with van der Waals surface area (Å²) in [5.41, 5.74) is 1.91. The summed E-state index contributed by atoms with van der Waals surface area (Å²) in [5.74, 6) is 0.744. The van der Waals surface area contributed by atoms with Crippen molar-refractivity contribution < 1.29 is 0 Å². The molecule has 0 aliphatic rings. The van der Waals surface area contributed by atoms with Crippen molar-refractivity contribution >= 4 is 17.4 Å². The second-order valence-corrected chi connectivity index (χ2v) is 3.89. The molecular formula is C10H12ClN5. The molecule has 16 heavy (non-hydrogen) atoms. The molecule has 84 valence electrons. The zero-order chi connectivity index (χ0) is 11.5. The van der Waals surface area contributed by atoms with Crippen LogP contribution in [0.5, 0.6) is 0 Å². The fourth-order valence-electron chi connectivity index (χ4n) is 1.36. The average molecular weight is 238 g/mol. The monoisotopic (exact) mass is 237 g/mol. The molecule has 2 rings (SSSR count). The predicted molar refractivity (Wildman–Crippen MR) is 62.4 cm³/mol. The van der Waals surface area contributed by atoms with Gasteiger partial charge < -0.3 is 5.32 Å². The van der Waals surface area contributed by atoms with Crippen LogP contribution >= 0.6 is 11.6 Å². The number of anilines is 1. The van der Waals surface area contributed by atoms with Gasteiger partial charge in [-0.1, -0.05) is 11.6 Å². The van der Waals surface area contributed by atoms with Gasteiger partial charge in [-0.3, -0.25) is 5.10 Å². The average Bonchev–Trinajstić information content (AvgIpc) is 2.78. The lowest BCUT2D eigenvalue weighted by Crippen LogP contribution is -2.09. The number of hydrogen-bond acceptors (Lipinski definition) is 4. The first-order valence-electron chi connectivity index (χ1n) is 4.91. The summed E-state index contributed by atoms with van der Waals surface area (Å²) in [5, 5.41) is 10.4. The van der Waals surface area contributed by atoms with Crippen LogP contribution in [0.1, 0.15) is 24.1 Å². The Balaban J connectivity index is 2.18. The van der Waals surface area contributed by atoms with Crippen molar-refractivity contribution in [1.29, 1.82) is 0 Å². The minimum Gasteiger partial charge on any atom is -0.363 e. The third-order valence-corrected chi connectivity index (χ3v) is 2.78. The zero-order valence-electron chi connectivity index (χ0n) is 9.03. The molecule has 2 N–H and O–H groups in total. The van der Waals surface area contributed by atoms with E-state index in [4.69, 9.17) is 11.6 Å². The quantitative estimate of drug-likeness (QED) is 0.805. The van der Waals surface area contributed by atoms with Gasteiger partial charge in [0.05, 0.1) is 12.2 Å². The largest absolute Gasteiger partial charge is 0.363 e. The van der Waals surface area contributed by atoms with E-state index < -0.39 is 0 Å². The first kappa shape index (κ1) is 10.9. The Labute approximate surface area is 98.3 Å². The highest BCUT2D eigenvalue weighted by atomic mass is 35.5. The molecule has 1 unspecified atom stereocenters. The Kier molecular flexibility index (Phi) is 3.05. The van der Waals surface area contributed by atoms with Crippen LogP contribution < -0.4 is 5.32 Å². The molecule has 0 saturated carbocycles. The first-order chi connectivity index (χ1) is 7.68. The number of halogens is 1. The van der Waals surface area contributed by atoms with Crippen LogP contribution in [0.2, 0.25) is 5.15 Å². The van der Waals surface area contributed by atoms with Crippen molar-refractivity contribution in [2.24, 2.45) is 0 Å². The Morgan fingerprint density at radius 2 is 2.25 bits per heavy atom. The highest BCUT2D eigenvalue weighted by Crippen LogP contribution is 2.22. The van der Waals surface area contributed by atoms with Crippen LogP contribution in [0.4, 0.5) is 5.82 Å². The molecule has 0 saturated heterocycles. The number of aromatic amines is 1. The molecule has 0 aromatic carbocycles. The number of rotatable bonds is 3. The van der Waals surface area contributed by atoms with Gasteiger partial charge in [-0.15, -0.1) is 0 Å². The van der Waals surface area contributed by atoms with E-state index in [9.17, 15) is 0 Å². The maximum absolute atomic E-state index is 5.91. The minimum absolute atomic E-state index is 0.114. The van der Waals surface area contributed by atoms with Crippen molar-refractivity contribution in [2.75, 3.05) is 5.32 Å². The van der Waals surface area contributed by atoms with Gasteiger partial charge >= 0.3 is 0 Å². The molecule has 2 heterocycles. The SMILES string of the molecule is Cc1c(Cl)ncnc1NC(C)c1cn[nH]c1. The van der Waals surface area contributed by atoms with E-state index >= 15 is 0 Å². The molecule has 0 aliphatic carbocycles. The third kappa shape index (κ3) is 2.14. The molecule has 0 bridgehead atoms. The summed E-state index contributed by atoms with van der Waals surface area (Å²) < 4.78 is 0. The molecule has 0 spiro atoms. The lowest BCUT2D eigenvalue weighted by Gasteiger charge is -2.14. The summed E-state index contributed by atoms with van der Waals surface area (Å²) in [6, 6.07) is 0.114. The third-order valence-electron chi connectivity index (χ3n) is 2.40. The van der Waals surface area contributed by atoms with Crippen LogP contribution in [0.3, 0.4) is 0 Å². The van der Waals surface area contributed by atoms with Gasteiger partial charge in [0.15, 0.2) is 0 Å². The van der Waals surface area contributed by atoms with E-state index in [2.05, 4.69) is 25.5 Å². The number of nitrogens with one attached hydrogen (secondary N) is 2. The molecule has 5 nitrogen and oxygen atoms in total. The molecular weight excluding hydrogens is 226 g/mol. The first-order valence-corrected chi connectivity index (χ1v) is 5.28. The van der Waals surface area contributed by atoms with Crippen molar-refractivity contribution in [3.05, 3.63) is 35.0 Å². The van der Waals surface area contributed by atoms with Gasteiger partial charge in [0.25, 0.3) is 0 Å². The molecule has 2 aromatic heterocycles. The zero-order valence-corrected chi connectivity index (χ0v) is 9.78. The van der Waals surface area contributed by atoms with E-state index in [1.165, 1.54) is 6.33 Å². The van der Waals surface area contributed by atoms with Crippen molar-refractivity contribution in [2.45, 2.75) is 19.9 Å². The predicted octanol–water partition coefficient (Wildman–Crippen LogP) is 2.33. The summed E-state index contributed by atoms with van der Waals surface area (Å²) in [6.45, 7) is 3.91. The van der Waals surface area contributed by atoms with Crippen LogP contribution in [-0.2, 0) is 0 Å². The molecule has 0 radical (unpaired) electrons. The normalized spacial score (nSPS) is 12.4. The van der Waals surface area contributed by atoms with E-state index in [0.717, 1.165) is 16.9 Å². The number of hydrogen-bond donors (Lipinski definition) is 2. The summed E-state index contributed by atoms with van der Waals surface area (Å²) >= 11 is 5.91. The van der Waals surface area contributed by atoms with Gasteiger partial charge in [-0.05, 0) is 13.8 Å². The van der Waals surface area contributed by atoms with E-state index in [0.29, 0.717) is 5.15 Å². The lowest BCUT2D eigenvalue weighted by atomic mass is 10.2. The van der Waals surface area contributed by atoms with Crippen LogP contribution in [0, 0.1) is 6.92 Å². The lowest BCUT2D eigenvalue weighted by molar-refractivity contribution is 0.869. The maximum Gasteiger partial charge on any atom is 0.137 e. The number of aromatic nitrogens is 4. The Hall–Kier alpha value is -1.62. The molecule has 1 atom stereocenters.